The van der Waals surface area contributed by atoms with Crippen molar-refractivity contribution < 1.29 is 17.6 Å². The van der Waals surface area contributed by atoms with Gasteiger partial charge in [-0.05, 0) is 12.8 Å². The van der Waals surface area contributed by atoms with Crippen LogP contribution in [0.2, 0.25) is 0 Å². The number of hydrogen-bond donors (Lipinski definition) is 1. The predicted octanol–water partition coefficient (Wildman–Crippen LogP) is 3.41. The molecule has 1 saturated heterocycles. The van der Waals surface area contributed by atoms with Gasteiger partial charge in [-0.15, -0.1) is 0 Å². The van der Waals surface area contributed by atoms with Crippen LogP contribution in [0.5, 0.6) is 0 Å². The molecule has 0 amide bonds. The van der Waals surface area contributed by atoms with E-state index in [2.05, 4.69) is 15.2 Å². The number of aromatic nitrogens is 1. The molecule has 2 fully saturated rings. The Hall–Kier alpha value is -1.02. The number of hydrogen-bond acceptors (Lipinski definition) is 4. The summed E-state index contributed by atoms with van der Waals surface area (Å²) in [6.07, 6.45) is 3.94. The highest BCUT2D eigenvalue weighted by Crippen LogP contribution is 2.37. The summed E-state index contributed by atoms with van der Waals surface area (Å²) < 4.78 is 54.0. The third-order valence-corrected chi connectivity index (χ3v) is 5.75. The van der Waals surface area contributed by atoms with Crippen LogP contribution in [0.1, 0.15) is 25.7 Å². The molecule has 0 aromatic carbocycles. The molecule has 0 radical (unpaired) electrons. The average Bonchev–Trinajstić information content (AvgIpc) is 3.04. The van der Waals surface area contributed by atoms with E-state index < -0.39 is 29.2 Å². The van der Waals surface area contributed by atoms with E-state index in [1.165, 1.54) is 0 Å². The summed E-state index contributed by atoms with van der Waals surface area (Å²) in [6.45, 7) is 2.13. The van der Waals surface area contributed by atoms with Crippen LogP contribution >= 0.6 is 11.8 Å². The molecule has 8 heteroatoms. The zero-order valence-electron chi connectivity index (χ0n) is 12.7. The first-order chi connectivity index (χ1) is 11.0. The van der Waals surface area contributed by atoms with Gasteiger partial charge in [0.05, 0.1) is 0 Å². The smallest absolute Gasteiger partial charge is 0.253 e. The lowest BCUT2D eigenvalue weighted by atomic mass is 9.94. The van der Waals surface area contributed by atoms with Gasteiger partial charge in [0.2, 0.25) is 11.6 Å². The Morgan fingerprint density at radius 3 is 2.13 bits per heavy atom. The van der Waals surface area contributed by atoms with E-state index in [1.807, 2.05) is 11.8 Å². The van der Waals surface area contributed by atoms with Crippen molar-refractivity contribution in [3.63, 3.8) is 0 Å². The van der Waals surface area contributed by atoms with Gasteiger partial charge in [-0.25, -0.2) is 0 Å². The molecule has 23 heavy (non-hydrogen) atoms. The molecular weight excluding hydrogens is 330 g/mol. The zero-order valence-corrected chi connectivity index (χ0v) is 13.5. The molecule has 1 N–H and O–H groups in total. The molecular formula is C15H19F4N3S. The summed E-state index contributed by atoms with van der Waals surface area (Å²) in [4.78, 5) is 4.94. The van der Waals surface area contributed by atoms with Crippen LogP contribution in [-0.4, -0.2) is 46.6 Å². The summed E-state index contributed by atoms with van der Waals surface area (Å²) >= 11 is 1.89. The summed E-state index contributed by atoms with van der Waals surface area (Å²) in [6, 6.07) is 0. The highest BCUT2D eigenvalue weighted by Gasteiger charge is 2.40. The molecule has 3 nitrogen and oxygen atoms in total. The highest BCUT2D eigenvalue weighted by atomic mass is 32.2. The second kappa shape index (κ2) is 6.84. The molecule has 3 rings (SSSR count). The van der Waals surface area contributed by atoms with E-state index in [4.69, 9.17) is 0 Å². The zero-order chi connectivity index (χ0) is 16.4. The Balaban J connectivity index is 1.80. The maximum Gasteiger partial charge on any atom is 0.253 e. The van der Waals surface area contributed by atoms with Crippen molar-refractivity contribution in [3.05, 3.63) is 23.5 Å². The SMILES string of the molecule is Fc1nc(F)c(F)c(NCC2(N3CCSCC3)CCCC2)c1F. The molecule has 0 spiro atoms. The molecule has 1 aromatic heterocycles. The largest absolute Gasteiger partial charge is 0.378 e. The molecule has 128 valence electrons. The fraction of sp³-hybridized carbons (Fsp3) is 0.667. The summed E-state index contributed by atoms with van der Waals surface area (Å²) in [7, 11) is 0. The third-order valence-electron chi connectivity index (χ3n) is 4.81. The molecule has 2 aliphatic rings. The van der Waals surface area contributed by atoms with Crippen LogP contribution in [0.3, 0.4) is 0 Å². The number of nitrogens with one attached hydrogen (secondary N) is 1. The van der Waals surface area contributed by atoms with Gasteiger partial charge in [-0.2, -0.15) is 34.3 Å². The topological polar surface area (TPSA) is 28.2 Å². The van der Waals surface area contributed by atoms with E-state index in [-0.39, 0.29) is 12.1 Å². The van der Waals surface area contributed by atoms with E-state index in [9.17, 15) is 17.6 Å². The van der Waals surface area contributed by atoms with Crippen LogP contribution in [0, 0.1) is 23.5 Å². The number of nitrogens with zero attached hydrogens (tertiary/aromatic N) is 2. The lowest BCUT2D eigenvalue weighted by Crippen LogP contribution is -2.54. The number of rotatable bonds is 4. The number of halogens is 4. The van der Waals surface area contributed by atoms with E-state index in [0.717, 1.165) is 50.3 Å². The van der Waals surface area contributed by atoms with Crippen molar-refractivity contribution in [2.24, 2.45) is 0 Å². The van der Waals surface area contributed by atoms with Crippen LogP contribution in [-0.2, 0) is 0 Å². The lowest BCUT2D eigenvalue weighted by molar-refractivity contribution is 0.116. The molecule has 1 aliphatic heterocycles. The highest BCUT2D eigenvalue weighted by molar-refractivity contribution is 7.99. The van der Waals surface area contributed by atoms with Gasteiger partial charge in [0, 0.05) is 36.7 Å². The van der Waals surface area contributed by atoms with Crippen LogP contribution in [0.4, 0.5) is 23.2 Å². The standard InChI is InChI=1S/C15H19F4N3S/c16-10-12(11(17)14(19)21-13(10)18)20-9-15(3-1-2-4-15)22-5-7-23-8-6-22/h1-9H2,(H,20,21). The molecule has 1 aromatic rings. The lowest BCUT2D eigenvalue weighted by Gasteiger charge is -2.43. The van der Waals surface area contributed by atoms with Gasteiger partial charge in [-0.3, -0.25) is 4.90 Å². The normalized spacial score (nSPS) is 21.6. The Morgan fingerprint density at radius 1 is 1.00 bits per heavy atom. The summed E-state index contributed by atoms with van der Waals surface area (Å²) in [5, 5.41) is 2.62. The van der Waals surface area contributed by atoms with Gasteiger partial charge in [0.15, 0.2) is 0 Å². The van der Waals surface area contributed by atoms with Crippen molar-refractivity contribution in [2.45, 2.75) is 31.2 Å². The summed E-state index contributed by atoms with van der Waals surface area (Å²) in [5.74, 6) is -4.12. The number of anilines is 1. The van der Waals surface area contributed by atoms with Crippen molar-refractivity contribution in [1.82, 2.24) is 9.88 Å². The Kier molecular flexibility index (Phi) is 5.01. The van der Waals surface area contributed by atoms with Crippen LogP contribution in [0.25, 0.3) is 0 Å². The number of pyridine rings is 1. The fourth-order valence-corrected chi connectivity index (χ4v) is 4.47. The monoisotopic (exact) mass is 349 g/mol. The fourth-order valence-electron chi connectivity index (χ4n) is 3.57. The minimum Gasteiger partial charge on any atom is -0.378 e. The van der Waals surface area contributed by atoms with Crippen LogP contribution < -0.4 is 5.32 Å². The molecule has 2 heterocycles. The van der Waals surface area contributed by atoms with Gasteiger partial charge in [-0.1, -0.05) is 12.8 Å². The van der Waals surface area contributed by atoms with E-state index in [1.54, 1.807) is 0 Å². The van der Waals surface area contributed by atoms with E-state index in [0.29, 0.717) is 0 Å². The first-order valence-electron chi connectivity index (χ1n) is 7.80. The maximum atomic E-state index is 13.8. The molecule has 0 bridgehead atoms. The Morgan fingerprint density at radius 2 is 1.57 bits per heavy atom. The minimum absolute atomic E-state index is 0.198. The van der Waals surface area contributed by atoms with Gasteiger partial charge in [0.25, 0.3) is 11.9 Å². The second-order valence-corrected chi connectivity index (χ2v) is 7.31. The maximum absolute atomic E-state index is 13.8. The van der Waals surface area contributed by atoms with Crippen molar-refractivity contribution in [1.29, 1.82) is 0 Å². The molecule has 0 atom stereocenters. The van der Waals surface area contributed by atoms with Gasteiger partial charge in [0.1, 0.15) is 5.69 Å². The third kappa shape index (κ3) is 3.28. The first kappa shape index (κ1) is 16.8. The van der Waals surface area contributed by atoms with Crippen molar-refractivity contribution >= 4 is 17.4 Å². The molecule has 0 unspecified atom stereocenters. The molecule has 1 saturated carbocycles. The predicted molar refractivity (Wildman–Crippen MR) is 82.7 cm³/mol. The second-order valence-electron chi connectivity index (χ2n) is 6.08. The minimum atomic E-state index is -1.62. The first-order valence-corrected chi connectivity index (χ1v) is 8.96. The Bertz CT molecular complexity index is 546. The van der Waals surface area contributed by atoms with Gasteiger partial charge < -0.3 is 5.32 Å². The van der Waals surface area contributed by atoms with Crippen molar-refractivity contribution in [3.8, 4) is 0 Å². The molecule has 1 aliphatic carbocycles. The van der Waals surface area contributed by atoms with Crippen molar-refractivity contribution in [2.75, 3.05) is 36.5 Å². The number of thioether (sulfide) groups is 1. The van der Waals surface area contributed by atoms with Crippen LogP contribution in [0.15, 0.2) is 0 Å². The summed E-state index contributed by atoms with van der Waals surface area (Å²) in [5.41, 5.74) is -0.955. The average molecular weight is 349 g/mol. The van der Waals surface area contributed by atoms with Gasteiger partial charge >= 0.3 is 0 Å². The Labute approximate surface area is 136 Å². The van der Waals surface area contributed by atoms with E-state index >= 15 is 0 Å². The quantitative estimate of drug-likeness (QED) is 0.666.